The van der Waals surface area contributed by atoms with Crippen LogP contribution in [0.2, 0.25) is 0 Å². The molecule has 0 unspecified atom stereocenters. The van der Waals surface area contributed by atoms with Crippen LogP contribution in [0.15, 0.2) is 34.9 Å². The topological polar surface area (TPSA) is 128 Å². The third-order valence-electron chi connectivity index (χ3n) is 3.18. The number of thiophene rings is 1. The number of hydrogen-bond donors (Lipinski definition) is 1. The van der Waals surface area contributed by atoms with Crippen molar-refractivity contribution in [1.82, 2.24) is 0 Å². The molecule has 2 heterocycles. The SMILES string of the molecule is CCOC(=O)C1=C(C)OC(N)=C(C#N)[C@@H]1c1ccc([N+](=O)[O-])s1. The molecule has 0 spiro atoms. The molecule has 9 heteroatoms. The molecule has 1 aliphatic heterocycles. The summed E-state index contributed by atoms with van der Waals surface area (Å²) < 4.78 is 10.3. The standard InChI is InChI=1S/C14H13N3O5S/c1-3-21-14(18)11-7(2)22-13(16)8(6-15)12(11)9-4-5-10(23-9)17(19)20/h4-5,12H,3,16H2,1-2H3/t12-/m1/s1. The number of hydrogen-bond acceptors (Lipinski definition) is 8. The Morgan fingerprint density at radius 3 is 2.83 bits per heavy atom. The zero-order valence-electron chi connectivity index (χ0n) is 12.4. The van der Waals surface area contributed by atoms with Crippen molar-refractivity contribution in [2.45, 2.75) is 19.8 Å². The van der Waals surface area contributed by atoms with Crippen LogP contribution in [0.25, 0.3) is 0 Å². The molecule has 8 nitrogen and oxygen atoms in total. The third kappa shape index (κ3) is 3.02. The molecule has 0 saturated heterocycles. The summed E-state index contributed by atoms with van der Waals surface area (Å²) in [6.45, 7) is 3.33. The summed E-state index contributed by atoms with van der Waals surface area (Å²) in [6.07, 6.45) is 0. The van der Waals surface area contributed by atoms with E-state index in [0.29, 0.717) is 4.88 Å². The van der Waals surface area contributed by atoms with Crippen molar-refractivity contribution in [2.24, 2.45) is 5.73 Å². The van der Waals surface area contributed by atoms with E-state index in [1.54, 1.807) is 6.92 Å². The molecule has 2 N–H and O–H groups in total. The van der Waals surface area contributed by atoms with E-state index < -0.39 is 16.8 Å². The van der Waals surface area contributed by atoms with Gasteiger partial charge in [0.05, 0.1) is 23.0 Å². The number of nitrogens with zero attached hydrogens (tertiary/aromatic N) is 2. The van der Waals surface area contributed by atoms with Gasteiger partial charge >= 0.3 is 11.0 Å². The quantitative estimate of drug-likeness (QED) is 0.507. The van der Waals surface area contributed by atoms with E-state index in [-0.39, 0.29) is 34.4 Å². The maximum atomic E-state index is 12.2. The van der Waals surface area contributed by atoms with Crippen LogP contribution in [0.4, 0.5) is 5.00 Å². The molecule has 0 aliphatic carbocycles. The van der Waals surface area contributed by atoms with Gasteiger partial charge in [-0.1, -0.05) is 11.3 Å². The van der Waals surface area contributed by atoms with Crippen LogP contribution in [-0.2, 0) is 14.3 Å². The van der Waals surface area contributed by atoms with E-state index in [1.165, 1.54) is 19.1 Å². The highest BCUT2D eigenvalue weighted by Crippen LogP contribution is 2.43. The molecule has 23 heavy (non-hydrogen) atoms. The highest BCUT2D eigenvalue weighted by Gasteiger charge is 2.37. The Balaban J connectivity index is 2.59. The van der Waals surface area contributed by atoms with E-state index in [2.05, 4.69) is 0 Å². The summed E-state index contributed by atoms with van der Waals surface area (Å²) in [5.74, 6) is -1.40. The van der Waals surface area contributed by atoms with Crippen molar-refractivity contribution in [3.8, 4) is 6.07 Å². The number of nitrogens with two attached hydrogens (primary N) is 1. The van der Waals surface area contributed by atoms with Crippen LogP contribution in [0.1, 0.15) is 24.6 Å². The molecule has 1 atom stereocenters. The van der Waals surface area contributed by atoms with Gasteiger partial charge in [0, 0.05) is 10.9 Å². The van der Waals surface area contributed by atoms with Gasteiger partial charge in [-0.25, -0.2) is 4.79 Å². The molecule has 2 rings (SSSR count). The van der Waals surface area contributed by atoms with Crippen molar-refractivity contribution in [3.05, 3.63) is 49.9 Å². The first kappa shape index (κ1) is 16.5. The minimum Gasteiger partial charge on any atom is -0.463 e. The maximum absolute atomic E-state index is 12.2. The molecule has 120 valence electrons. The van der Waals surface area contributed by atoms with Gasteiger partial charge in [-0.2, -0.15) is 5.26 Å². The molecule has 1 aliphatic rings. The maximum Gasteiger partial charge on any atom is 0.338 e. The summed E-state index contributed by atoms with van der Waals surface area (Å²) in [4.78, 5) is 23.0. The predicted molar refractivity (Wildman–Crippen MR) is 81.0 cm³/mol. The zero-order valence-corrected chi connectivity index (χ0v) is 13.2. The molecule has 1 aromatic rings. The first-order valence-electron chi connectivity index (χ1n) is 6.60. The minimum atomic E-state index is -0.841. The van der Waals surface area contributed by atoms with Crippen LogP contribution in [0.3, 0.4) is 0 Å². The molecule has 1 aromatic heterocycles. The fraction of sp³-hybridized carbons (Fsp3) is 0.286. The molecule has 0 bridgehead atoms. The number of esters is 1. The molecular weight excluding hydrogens is 322 g/mol. The van der Waals surface area contributed by atoms with E-state index >= 15 is 0 Å². The van der Waals surface area contributed by atoms with Crippen LogP contribution < -0.4 is 5.73 Å². The number of nitriles is 1. The van der Waals surface area contributed by atoms with Crippen LogP contribution in [0, 0.1) is 21.4 Å². The van der Waals surface area contributed by atoms with E-state index in [1.807, 2.05) is 6.07 Å². The normalized spacial score (nSPS) is 17.5. The van der Waals surface area contributed by atoms with Crippen molar-refractivity contribution < 1.29 is 19.2 Å². The van der Waals surface area contributed by atoms with E-state index in [9.17, 15) is 20.2 Å². The van der Waals surface area contributed by atoms with E-state index in [4.69, 9.17) is 15.2 Å². The monoisotopic (exact) mass is 335 g/mol. The summed E-state index contributed by atoms with van der Waals surface area (Å²) >= 11 is 0.873. The van der Waals surface area contributed by atoms with Gasteiger partial charge in [-0.05, 0) is 19.9 Å². The van der Waals surface area contributed by atoms with Gasteiger partial charge in [0.25, 0.3) is 0 Å². The first-order valence-corrected chi connectivity index (χ1v) is 7.41. The highest BCUT2D eigenvalue weighted by molar-refractivity contribution is 7.15. The Bertz CT molecular complexity index is 772. The lowest BCUT2D eigenvalue weighted by atomic mass is 9.87. The Morgan fingerprint density at radius 1 is 1.61 bits per heavy atom. The third-order valence-corrected chi connectivity index (χ3v) is 4.28. The predicted octanol–water partition coefficient (Wildman–Crippen LogP) is 2.30. The van der Waals surface area contributed by atoms with Gasteiger partial charge in [0.2, 0.25) is 5.88 Å². The van der Waals surface area contributed by atoms with Crippen LogP contribution in [0.5, 0.6) is 0 Å². The molecular formula is C14H13N3O5S. The molecule has 0 aromatic carbocycles. The summed E-state index contributed by atoms with van der Waals surface area (Å²) in [7, 11) is 0. The second-order valence-electron chi connectivity index (χ2n) is 4.55. The fourth-order valence-electron chi connectivity index (χ4n) is 2.23. The van der Waals surface area contributed by atoms with Crippen molar-refractivity contribution >= 4 is 22.3 Å². The largest absolute Gasteiger partial charge is 0.463 e. The van der Waals surface area contributed by atoms with Crippen LogP contribution in [-0.4, -0.2) is 17.5 Å². The molecule has 0 radical (unpaired) electrons. The van der Waals surface area contributed by atoms with E-state index in [0.717, 1.165) is 11.3 Å². The molecule has 0 saturated carbocycles. The molecule has 0 fully saturated rings. The summed E-state index contributed by atoms with van der Waals surface area (Å²) in [6, 6.07) is 4.73. The van der Waals surface area contributed by atoms with Crippen molar-refractivity contribution in [2.75, 3.05) is 6.61 Å². The number of carbonyl (C=O) groups is 1. The summed E-state index contributed by atoms with van der Waals surface area (Å²) in [5.41, 5.74) is 5.87. The van der Waals surface area contributed by atoms with Gasteiger partial charge in [0.15, 0.2) is 0 Å². The van der Waals surface area contributed by atoms with Gasteiger partial charge in [-0.15, -0.1) is 0 Å². The lowest BCUT2D eigenvalue weighted by Crippen LogP contribution is -2.25. The average molecular weight is 335 g/mol. The Hall–Kier alpha value is -2.86. The number of rotatable bonds is 4. The summed E-state index contributed by atoms with van der Waals surface area (Å²) in [5, 5.41) is 20.1. The minimum absolute atomic E-state index is 0.0235. The van der Waals surface area contributed by atoms with Gasteiger partial charge in [0.1, 0.15) is 17.4 Å². The lowest BCUT2D eigenvalue weighted by Gasteiger charge is -2.25. The van der Waals surface area contributed by atoms with Gasteiger partial charge in [-0.3, -0.25) is 10.1 Å². The Morgan fingerprint density at radius 2 is 2.30 bits per heavy atom. The highest BCUT2D eigenvalue weighted by atomic mass is 32.1. The smallest absolute Gasteiger partial charge is 0.338 e. The Kier molecular flexibility index (Phi) is 4.66. The van der Waals surface area contributed by atoms with Gasteiger partial charge < -0.3 is 15.2 Å². The fourth-order valence-corrected chi connectivity index (χ4v) is 3.18. The second kappa shape index (κ2) is 6.50. The lowest BCUT2D eigenvalue weighted by molar-refractivity contribution is -0.380. The number of allylic oxidation sites excluding steroid dienone is 2. The van der Waals surface area contributed by atoms with Crippen molar-refractivity contribution in [3.63, 3.8) is 0 Å². The first-order chi connectivity index (χ1) is 10.9. The number of ether oxygens (including phenoxy) is 2. The average Bonchev–Trinajstić information content (AvgIpc) is 2.96. The van der Waals surface area contributed by atoms with Crippen molar-refractivity contribution in [1.29, 1.82) is 5.26 Å². The zero-order chi connectivity index (χ0) is 17.1. The van der Waals surface area contributed by atoms with Crippen LogP contribution >= 0.6 is 11.3 Å². The second-order valence-corrected chi connectivity index (χ2v) is 5.64. The number of carbonyl (C=O) groups excluding carboxylic acids is 1. The Labute approximate surface area is 135 Å². The molecule has 0 amide bonds. The number of nitro groups is 1.